The van der Waals surface area contributed by atoms with Crippen LogP contribution >= 0.6 is 11.3 Å². The Morgan fingerprint density at radius 1 is 1.17 bits per heavy atom. The van der Waals surface area contributed by atoms with Gasteiger partial charge < -0.3 is 10.1 Å². The fourth-order valence-corrected chi connectivity index (χ4v) is 6.18. The fourth-order valence-electron chi connectivity index (χ4n) is 5.48. The minimum Gasteiger partial charge on any atom is -0.455 e. The van der Waals surface area contributed by atoms with Crippen molar-refractivity contribution in [3.05, 3.63) is 22.4 Å². The Hall–Kier alpha value is -1.36. The van der Waals surface area contributed by atoms with Crippen LogP contribution in [0.5, 0.6) is 0 Å². The van der Waals surface area contributed by atoms with Gasteiger partial charge in [-0.3, -0.25) is 9.59 Å². The van der Waals surface area contributed by atoms with Gasteiger partial charge in [0.25, 0.3) is 5.91 Å². The molecule has 4 saturated carbocycles. The Morgan fingerprint density at radius 3 is 2.42 bits per heavy atom. The summed E-state index contributed by atoms with van der Waals surface area (Å²) in [6.07, 6.45) is 7.68. The Labute approximate surface area is 147 Å². The third-order valence-electron chi connectivity index (χ3n) is 6.08. The first-order valence-electron chi connectivity index (χ1n) is 9.09. The Bertz CT molecular complexity index is 575. The maximum absolute atomic E-state index is 12.7. The molecule has 0 saturated heterocycles. The van der Waals surface area contributed by atoms with Crippen LogP contribution < -0.4 is 5.32 Å². The van der Waals surface area contributed by atoms with Crippen molar-refractivity contribution in [2.45, 2.75) is 44.9 Å². The van der Waals surface area contributed by atoms with Crippen molar-refractivity contribution in [3.8, 4) is 0 Å². The molecule has 4 aliphatic carbocycles. The second-order valence-corrected chi connectivity index (χ2v) is 8.99. The smallest absolute Gasteiger partial charge is 0.312 e. The normalized spacial score (nSPS) is 33.4. The van der Waals surface area contributed by atoms with E-state index in [2.05, 4.69) is 11.4 Å². The highest BCUT2D eigenvalue weighted by Crippen LogP contribution is 2.60. The second-order valence-electron chi connectivity index (χ2n) is 7.95. The lowest BCUT2D eigenvalue weighted by Gasteiger charge is -2.55. The number of esters is 1. The van der Waals surface area contributed by atoms with E-state index in [0.717, 1.165) is 25.7 Å². The molecule has 4 bridgehead atoms. The van der Waals surface area contributed by atoms with Gasteiger partial charge >= 0.3 is 5.97 Å². The first kappa shape index (κ1) is 16.1. The summed E-state index contributed by atoms with van der Waals surface area (Å²) in [6.45, 7) is 0.458. The van der Waals surface area contributed by atoms with Crippen LogP contribution in [0.2, 0.25) is 0 Å². The topological polar surface area (TPSA) is 55.4 Å². The van der Waals surface area contributed by atoms with Gasteiger partial charge in [0.05, 0.1) is 5.41 Å². The Kier molecular flexibility index (Phi) is 4.37. The lowest BCUT2D eigenvalue weighted by atomic mass is 9.49. The number of thiophene rings is 1. The highest BCUT2D eigenvalue weighted by molar-refractivity contribution is 7.09. The molecule has 1 aromatic rings. The Morgan fingerprint density at radius 2 is 1.83 bits per heavy atom. The van der Waals surface area contributed by atoms with Crippen molar-refractivity contribution in [3.63, 3.8) is 0 Å². The van der Waals surface area contributed by atoms with Gasteiger partial charge in [-0.05, 0) is 74.1 Å². The predicted octanol–water partition coefficient (Wildman–Crippen LogP) is 3.17. The van der Waals surface area contributed by atoms with E-state index >= 15 is 0 Å². The van der Waals surface area contributed by atoms with Crippen LogP contribution in [0.1, 0.15) is 43.4 Å². The van der Waals surface area contributed by atoms with Crippen LogP contribution in [0, 0.1) is 23.2 Å². The molecule has 130 valence electrons. The van der Waals surface area contributed by atoms with Crippen LogP contribution in [0.4, 0.5) is 0 Å². The average Bonchev–Trinajstić information content (AvgIpc) is 3.04. The average molecular weight is 347 g/mol. The number of rotatable bonds is 6. The van der Waals surface area contributed by atoms with E-state index in [0.29, 0.717) is 24.3 Å². The van der Waals surface area contributed by atoms with E-state index in [4.69, 9.17) is 4.74 Å². The van der Waals surface area contributed by atoms with Crippen LogP contribution in [-0.4, -0.2) is 25.0 Å². The van der Waals surface area contributed by atoms with E-state index in [1.165, 1.54) is 24.1 Å². The molecule has 0 aliphatic heterocycles. The summed E-state index contributed by atoms with van der Waals surface area (Å²) in [5.74, 6) is 1.83. The molecule has 4 aliphatic rings. The van der Waals surface area contributed by atoms with E-state index in [9.17, 15) is 9.59 Å². The fraction of sp³-hybridized carbons (Fsp3) is 0.684. The van der Waals surface area contributed by atoms with Gasteiger partial charge in [-0.25, -0.2) is 0 Å². The van der Waals surface area contributed by atoms with Gasteiger partial charge in [-0.2, -0.15) is 0 Å². The zero-order valence-electron chi connectivity index (χ0n) is 14.0. The van der Waals surface area contributed by atoms with Crippen LogP contribution in [0.25, 0.3) is 0 Å². The molecule has 24 heavy (non-hydrogen) atoms. The molecule has 5 heteroatoms. The summed E-state index contributed by atoms with van der Waals surface area (Å²) in [7, 11) is 0. The number of ether oxygens (including phenoxy) is 1. The van der Waals surface area contributed by atoms with Crippen molar-refractivity contribution >= 4 is 23.2 Å². The summed E-state index contributed by atoms with van der Waals surface area (Å²) in [5.41, 5.74) is -0.272. The molecule has 4 nitrogen and oxygen atoms in total. The number of hydrogen-bond acceptors (Lipinski definition) is 4. The zero-order valence-corrected chi connectivity index (χ0v) is 14.8. The third kappa shape index (κ3) is 3.23. The predicted molar refractivity (Wildman–Crippen MR) is 92.6 cm³/mol. The van der Waals surface area contributed by atoms with Gasteiger partial charge in [-0.1, -0.05) is 6.07 Å². The van der Waals surface area contributed by atoms with Gasteiger partial charge in [0.15, 0.2) is 6.61 Å². The number of amides is 1. The Balaban J connectivity index is 1.24. The quantitative estimate of drug-likeness (QED) is 0.804. The molecular weight excluding hydrogens is 322 g/mol. The van der Waals surface area contributed by atoms with Gasteiger partial charge in [-0.15, -0.1) is 11.3 Å². The van der Waals surface area contributed by atoms with Crippen molar-refractivity contribution in [2.75, 3.05) is 13.2 Å². The summed E-state index contributed by atoms with van der Waals surface area (Å²) in [4.78, 5) is 25.8. The highest BCUT2D eigenvalue weighted by atomic mass is 32.1. The number of nitrogens with one attached hydrogen (secondary N) is 1. The largest absolute Gasteiger partial charge is 0.455 e. The monoisotopic (exact) mass is 347 g/mol. The van der Waals surface area contributed by atoms with Crippen molar-refractivity contribution in [2.24, 2.45) is 23.2 Å². The SMILES string of the molecule is O=C(COC(=O)C12CC3CC(CC(C3)C1)C2)NCCc1cccs1. The summed E-state index contributed by atoms with van der Waals surface area (Å²) in [6, 6.07) is 4.07. The third-order valence-corrected chi connectivity index (χ3v) is 7.02. The maximum Gasteiger partial charge on any atom is 0.312 e. The number of carbonyl (C=O) groups excluding carboxylic acids is 2. The molecule has 0 spiro atoms. The van der Waals surface area contributed by atoms with Gasteiger partial charge in [0.1, 0.15) is 0 Å². The van der Waals surface area contributed by atoms with Gasteiger partial charge in [0, 0.05) is 11.4 Å². The summed E-state index contributed by atoms with van der Waals surface area (Å²) in [5, 5.41) is 4.87. The summed E-state index contributed by atoms with van der Waals surface area (Å²) >= 11 is 1.69. The van der Waals surface area contributed by atoms with E-state index in [1.807, 2.05) is 11.4 Å². The molecule has 4 fully saturated rings. The molecule has 1 amide bonds. The standard InChI is InChI=1S/C19H25NO3S/c21-17(20-4-3-16-2-1-5-24-16)12-23-18(22)19-9-13-6-14(10-19)8-15(7-13)11-19/h1-2,5,13-15H,3-4,6-12H2,(H,20,21). The van der Waals surface area contributed by atoms with Crippen molar-refractivity contribution in [1.29, 1.82) is 0 Å². The molecule has 1 N–H and O–H groups in total. The number of hydrogen-bond donors (Lipinski definition) is 1. The molecule has 0 unspecified atom stereocenters. The number of carbonyl (C=O) groups is 2. The maximum atomic E-state index is 12.7. The van der Waals surface area contributed by atoms with E-state index < -0.39 is 0 Å². The van der Waals surface area contributed by atoms with Crippen LogP contribution in [0.3, 0.4) is 0 Å². The highest BCUT2D eigenvalue weighted by Gasteiger charge is 2.55. The zero-order chi connectivity index (χ0) is 16.6. The van der Waals surface area contributed by atoms with Crippen LogP contribution in [0.15, 0.2) is 17.5 Å². The van der Waals surface area contributed by atoms with Crippen molar-refractivity contribution in [1.82, 2.24) is 5.32 Å². The van der Waals surface area contributed by atoms with Crippen molar-refractivity contribution < 1.29 is 14.3 Å². The summed E-state index contributed by atoms with van der Waals surface area (Å²) < 4.78 is 5.43. The molecule has 1 heterocycles. The second kappa shape index (κ2) is 6.51. The molecule has 5 rings (SSSR count). The van der Waals surface area contributed by atoms with E-state index in [1.54, 1.807) is 11.3 Å². The molecule has 0 aromatic carbocycles. The minimum atomic E-state index is -0.272. The van der Waals surface area contributed by atoms with Crippen LogP contribution in [-0.2, 0) is 20.7 Å². The lowest BCUT2D eigenvalue weighted by molar-refractivity contribution is -0.173. The molecular formula is C19H25NO3S. The molecule has 0 radical (unpaired) electrons. The molecule has 0 atom stereocenters. The lowest BCUT2D eigenvalue weighted by Crippen LogP contribution is -2.51. The molecule has 1 aromatic heterocycles. The van der Waals surface area contributed by atoms with E-state index in [-0.39, 0.29) is 23.9 Å². The first-order valence-corrected chi connectivity index (χ1v) is 9.97. The van der Waals surface area contributed by atoms with Gasteiger partial charge in [0.2, 0.25) is 0 Å². The minimum absolute atomic E-state index is 0.116. The first-order chi connectivity index (χ1) is 11.6.